The standard InChI is InChI=1S/C21H31N7O7/c22-13(9-12-5-2-1-3-6-12)18(32)28-14(7-4-8-25-21(23)24)19(33)26-11-16(29)27-15(20(34)35)10-17(30)31/h1-3,5-6,13-15H,4,7-11,22H2,(H,26,33)(H,27,29)(H,28,32)(H,30,31)(H,34,35)(H4,23,24,25)/t13-,14-,15-/m0/s1. The van der Waals surface area contributed by atoms with Crippen LogP contribution in [0.2, 0.25) is 0 Å². The number of amides is 3. The number of carbonyl (C=O) groups excluding carboxylic acids is 3. The molecule has 0 aromatic heterocycles. The van der Waals surface area contributed by atoms with Gasteiger partial charge in [-0.25, -0.2) is 4.79 Å². The lowest BCUT2D eigenvalue weighted by molar-refractivity contribution is -0.147. The van der Waals surface area contributed by atoms with Gasteiger partial charge in [0.25, 0.3) is 0 Å². The van der Waals surface area contributed by atoms with E-state index in [9.17, 15) is 24.0 Å². The van der Waals surface area contributed by atoms with Gasteiger partial charge in [0.05, 0.1) is 19.0 Å². The van der Waals surface area contributed by atoms with Crippen LogP contribution in [0.4, 0.5) is 0 Å². The molecule has 0 heterocycles. The van der Waals surface area contributed by atoms with Crippen molar-refractivity contribution in [2.75, 3.05) is 13.1 Å². The van der Waals surface area contributed by atoms with Crippen molar-refractivity contribution >= 4 is 35.6 Å². The topological polar surface area (TPSA) is 252 Å². The highest BCUT2D eigenvalue weighted by Gasteiger charge is 2.26. The molecule has 3 atom stereocenters. The lowest BCUT2D eigenvalue weighted by Crippen LogP contribution is -2.54. The molecule has 1 rings (SSSR count). The van der Waals surface area contributed by atoms with Crippen molar-refractivity contribution in [1.29, 1.82) is 0 Å². The molecule has 0 radical (unpaired) electrons. The van der Waals surface area contributed by atoms with E-state index < -0.39 is 60.8 Å². The summed E-state index contributed by atoms with van der Waals surface area (Å²) in [4.78, 5) is 62.8. The minimum absolute atomic E-state index is 0.116. The van der Waals surface area contributed by atoms with Crippen LogP contribution in [0.15, 0.2) is 35.3 Å². The van der Waals surface area contributed by atoms with E-state index in [4.69, 9.17) is 27.4 Å². The van der Waals surface area contributed by atoms with Gasteiger partial charge in [-0.15, -0.1) is 0 Å². The van der Waals surface area contributed by atoms with Crippen LogP contribution in [-0.4, -0.2) is 77.0 Å². The highest BCUT2D eigenvalue weighted by atomic mass is 16.4. The summed E-state index contributed by atoms with van der Waals surface area (Å²) in [5.74, 6) is -5.33. The van der Waals surface area contributed by atoms with Gasteiger partial charge >= 0.3 is 11.9 Å². The molecule has 0 bridgehead atoms. The predicted octanol–water partition coefficient (Wildman–Crippen LogP) is -2.74. The highest BCUT2D eigenvalue weighted by molar-refractivity contribution is 5.93. The van der Waals surface area contributed by atoms with E-state index in [1.54, 1.807) is 24.3 Å². The van der Waals surface area contributed by atoms with E-state index in [-0.39, 0.29) is 25.3 Å². The number of nitrogens with two attached hydrogens (primary N) is 3. The molecule has 0 saturated carbocycles. The Balaban J connectivity index is 2.74. The van der Waals surface area contributed by atoms with Crippen molar-refractivity contribution in [1.82, 2.24) is 16.0 Å². The van der Waals surface area contributed by atoms with Crippen molar-refractivity contribution in [3.05, 3.63) is 35.9 Å². The largest absolute Gasteiger partial charge is 0.481 e. The second kappa shape index (κ2) is 14.8. The molecule has 0 aliphatic rings. The fourth-order valence-corrected chi connectivity index (χ4v) is 2.92. The number of guanidine groups is 1. The number of hydrogen-bond acceptors (Lipinski definition) is 7. The summed E-state index contributed by atoms with van der Waals surface area (Å²) in [7, 11) is 0. The number of carbonyl (C=O) groups is 5. The Morgan fingerprint density at radius 3 is 2.17 bits per heavy atom. The van der Waals surface area contributed by atoms with E-state index >= 15 is 0 Å². The minimum atomic E-state index is -1.66. The first-order valence-corrected chi connectivity index (χ1v) is 10.7. The van der Waals surface area contributed by atoms with Gasteiger partial charge < -0.3 is 43.4 Å². The fraction of sp³-hybridized carbons (Fsp3) is 0.429. The Kier molecular flexibility index (Phi) is 12.2. The minimum Gasteiger partial charge on any atom is -0.481 e. The Morgan fingerprint density at radius 1 is 0.943 bits per heavy atom. The Hall–Kier alpha value is -4.20. The third-order valence-electron chi connectivity index (χ3n) is 4.65. The predicted molar refractivity (Wildman–Crippen MR) is 125 cm³/mol. The summed E-state index contributed by atoms with van der Waals surface area (Å²) in [5, 5.41) is 24.6. The molecule has 1 aromatic carbocycles. The Labute approximate surface area is 201 Å². The van der Waals surface area contributed by atoms with Crippen LogP contribution in [0.1, 0.15) is 24.8 Å². The molecule has 14 heteroatoms. The van der Waals surface area contributed by atoms with Crippen LogP contribution in [-0.2, 0) is 30.4 Å². The summed E-state index contributed by atoms with van der Waals surface area (Å²) in [6.07, 6.45) is -0.170. The number of carboxylic acids is 2. The quantitative estimate of drug-likeness (QED) is 0.0710. The second-order valence-electron chi connectivity index (χ2n) is 7.58. The molecule has 14 nitrogen and oxygen atoms in total. The first kappa shape index (κ1) is 28.8. The number of aliphatic imine (C=N–C) groups is 1. The number of aliphatic carboxylic acids is 2. The second-order valence-corrected chi connectivity index (χ2v) is 7.58. The van der Waals surface area contributed by atoms with Crippen molar-refractivity contribution in [3.63, 3.8) is 0 Å². The van der Waals surface area contributed by atoms with Gasteiger partial charge in [-0.1, -0.05) is 30.3 Å². The number of nitrogens with one attached hydrogen (secondary N) is 3. The average Bonchev–Trinajstić information content (AvgIpc) is 2.78. The first-order valence-electron chi connectivity index (χ1n) is 10.7. The summed E-state index contributed by atoms with van der Waals surface area (Å²) < 4.78 is 0. The zero-order valence-corrected chi connectivity index (χ0v) is 19.0. The maximum Gasteiger partial charge on any atom is 0.326 e. The molecule has 3 amide bonds. The summed E-state index contributed by atoms with van der Waals surface area (Å²) in [6, 6.07) is 5.35. The SMILES string of the molecule is NC(N)=NCCC[C@H](NC(=O)[C@@H](N)Cc1ccccc1)C(=O)NCC(=O)N[C@@H](CC(=O)O)C(=O)O. The molecule has 0 spiro atoms. The van der Waals surface area contributed by atoms with Gasteiger partial charge in [0.1, 0.15) is 12.1 Å². The van der Waals surface area contributed by atoms with Crippen molar-refractivity contribution in [2.24, 2.45) is 22.2 Å². The van der Waals surface area contributed by atoms with Gasteiger partial charge in [-0.3, -0.25) is 24.2 Å². The molecule has 35 heavy (non-hydrogen) atoms. The molecule has 0 fully saturated rings. The third kappa shape index (κ3) is 12.0. The molecule has 192 valence electrons. The monoisotopic (exact) mass is 493 g/mol. The maximum absolute atomic E-state index is 12.6. The van der Waals surface area contributed by atoms with E-state index in [0.29, 0.717) is 6.42 Å². The van der Waals surface area contributed by atoms with Gasteiger partial charge in [-0.2, -0.15) is 0 Å². The molecule has 0 aliphatic carbocycles. The average molecular weight is 494 g/mol. The number of rotatable bonds is 15. The molecule has 11 N–H and O–H groups in total. The van der Waals surface area contributed by atoms with Crippen LogP contribution < -0.4 is 33.2 Å². The van der Waals surface area contributed by atoms with E-state index in [0.717, 1.165) is 5.56 Å². The number of hydrogen-bond donors (Lipinski definition) is 8. The first-order chi connectivity index (χ1) is 16.5. The molecular formula is C21H31N7O7. The molecule has 0 aliphatic heterocycles. The Morgan fingerprint density at radius 2 is 1.60 bits per heavy atom. The van der Waals surface area contributed by atoms with Crippen LogP contribution in [0.3, 0.4) is 0 Å². The zero-order chi connectivity index (χ0) is 26.4. The maximum atomic E-state index is 12.6. The Bertz CT molecular complexity index is 920. The fourth-order valence-electron chi connectivity index (χ4n) is 2.92. The summed E-state index contributed by atoms with van der Waals surface area (Å²) in [6.45, 7) is -0.452. The molecule has 1 aromatic rings. The highest BCUT2D eigenvalue weighted by Crippen LogP contribution is 2.04. The number of benzene rings is 1. The van der Waals surface area contributed by atoms with Gasteiger partial charge in [0.15, 0.2) is 5.96 Å². The lowest BCUT2D eigenvalue weighted by Gasteiger charge is -2.21. The van der Waals surface area contributed by atoms with Crippen molar-refractivity contribution in [2.45, 2.75) is 43.8 Å². The molecular weight excluding hydrogens is 462 g/mol. The van der Waals surface area contributed by atoms with E-state index in [2.05, 4.69) is 15.6 Å². The van der Waals surface area contributed by atoms with Crippen LogP contribution in [0.5, 0.6) is 0 Å². The third-order valence-corrected chi connectivity index (χ3v) is 4.65. The lowest BCUT2D eigenvalue weighted by atomic mass is 10.0. The van der Waals surface area contributed by atoms with Gasteiger partial charge in [0, 0.05) is 6.54 Å². The smallest absolute Gasteiger partial charge is 0.326 e. The van der Waals surface area contributed by atoms with Crippen molar-refractivity contribution in [3.8, 4) is 0 Å². The normalized spacial score (nSPS) is 12.9. The molecule has 0 unspecified atom stereocenters. The van der Waals surface area contributed by atoms with Crippen LogP contribution in [0.25, 0.3) is 0 Å². The summed E-state index contributed by atoms with van der Waals surface area (Å²) in [5.41, 5.74) is 17.3. The van der Waals surface area contributed by atoms with Crippen molar-refractivity contribution < 1.29 is 34.2 Å². The summed E-state index contributed by atoms with van der Waals surface area (Å²) >= 11 is 0. The van der Waals surface area contributed by atoms with Gasteiger partial charge in [0.2, 0.25) is 17.7 Å². The molecule has 0 saturated heterocycles. The number of nitrogens with zero attached hydrogens (tertiary/aromatic N) is 1. The van der Waals surface area contributed by atoms with Gasteiger partial charge in [-0.05, 0) is 24.8 Å². The zero-order valence-electron chi connectivity index (χ0n) is 19.0. The van der Waals surface area contributed by atoms with E-state index in [1.165, 1.54) is 0 Å². The number of carboxylic acid groups (broad SMARTS) is 2. The van der Waals surface area contributed by atoms with Crippen LogP contribution in [0, 0.1) is 0 Å². The van der Waals surface area contributed by atoms with Crippen LogP contribution >= 0.6 is 0 Å². The van der Waals surface area contributed by atoms with E-state index in [1.807, 2.05) is 11.4 Å².